The lowest BCUT2D eigenvalue weighted by Crippen LogP contribution is -2.50. The fraction of sp³-hybridized carbons (Fsp3) is 1.00. The Morgan fingerprint density at radius 3 is 2.29 bits per heavy atom. The molecule has 0 amide bonds. The maximum absolute atomic E-state index is 3.83. The summed E-state index contributed by atoms with van der Waals surface area (Å²) in [5.41, 5.74) is 0.773. The minimum absolute atomic E-state index is 0.245. The van der Waals surface area contributed by atoms with E-state index in [0.29, 0.717) is 5.41 Å². The van der Waals surface area contributed by atoms with Gasteiger partial charge in [-0.2, -0.15) is 0 Å². The first-order chi connectivity index (χ1) is 9.89. The molecule has 21 heavy (non-hydrogen) atoms. The Kier molecular flexibility index (Phi) is 6.14. The van der Waals surface area contributed by atoms with Crippen LogP contribution in [0.15, 0.2) is 0 Å². The normalized spacial score (nSPS) is 28.3. The van der Waals surface area contributed by atoms with E-state index in [-0.39, 0.29) is 5.54 Å². The van der Waals surface area contributed by atoms with Gasteiger partial charge in [0.05, 0.1) is 0 Å². The molecule has 1 unspecified atom stereocenters. The van der Waals surface area contributed by atoms with Crippen LogP contribution in [0.1, 0.15) is 79.1 Å². The Morgan fingerprint density at radius 2 is 1.71 bits per heavy atom. The van der Waals surface area contributed by atoms with Crippen LogP contribution < -0.4 is 5.32 Å². The summed E-state index contributed by atoms with van der Waals surface area (Å²) in [4.78, 5) is 2.78. The lowest BCUT2D eigenvalue weighted by Gasteiger charge is -2.42. The second-order valence-electron chi connectivity index (χ2n) is 9.00. The van der Waals surface area contributed by atoms with Crippen molar-refractivity contribution in [2.24, 2.45) is 11.3 Å². The van der Waals surface area contributed by atoms with Gasteiger partial charge in [-0.15, -0.1) is 0 Å². The monoisotopic (exact) mass is 294 g/mol. The Morgan fingerprint density at radius 1 is 1.05 bits per heavy atom. The first kappa shape index (κ1) is 17.3. The molecule has 1 aliphatic heterocycles. The van der Waals surface area contributed by atoms with Gasteiger partial charge in [0, 0.05) is 25.2 Å². The molecule has 0 aromatic heterocycles. The lowest BCUT2D eigenvalue weighted by molar-refractivity contribution is 0.0876. The summed E-state index contributed by atoms with van der Waals surface area (Å²) in [7, 11) is 0. The second-order valence-corrected chi connectivity index (χ2v) is 9.00. The van der Waals surface area contributed by atoms with Crippen molar-refractivity contribution in [3.63, 3.8) is 0 Å². The second kappa shape index (κ2) is 7.46. The van der Waals surface area contributed by atoms with Crippen LogP contribution in [0.4, 0.5) is 0 Å². The van der Waals surface area contributed by atoms with Crippen molar-refractivity contribution < 1.29 is 0 Å². The first-order valence-corrected chi connectivity index (χ1v) is 9.36. The summed E-state index contributed by atoms with van der Waals surface area (Å²) in [6, 6.07) is 0. The van der Waals surface area contributed by atoms with Crippen molar-refractivity contribution in [1.82, 2.24) is 10.2 Å². The fourth-order valence-corrected chi connectivity index (χ4v) is 4.23. The molecule has 2 nitrogen and oxygen atoms in total. The summed E-state index contributed by atoms with van der Waals surface area (Å²) in [6.45, 7) is 14.6. The molecule has 1 saturated carbocycles. The van der Waals surface area contributed by atoms with Crippen LogP contribution >= 0.6 is 0 Å². The van der Waals surface area contributed by atoms with Crippen molar-refractivity contribution in [2.75, 3.05) is 26.2 Å². The van der Waals surface area contributed by atoms with E-state index in [4.69, 9.17) is 0 Å². The molecule has 0 radical (unpaired) electrons. The van der Waals surface area contributed by atoms with Gasteiger partial charge in [-0.3, -0.25) is 0 Å². The van der Waals surface area contributed by atoms with Crippen molar-refractivity contribution in [3.05, 3.63) is 0 Å². The van der Waals surface area contributed by atoms with E-state index < -0.39 is 0 Å². The molecule has 1 saturated heterocycles. The van der Waals surface area contributed by atoms with Crippen molar-refractivity contribution >= 4 is 0 Å². The number of piperidine rings is 1. The third-order valence-electron chi connectivity index (χ3n) is 5.46. The molecule has 0 bridgehead atoms. The Hall–Kier alpha value is -0.0800. The molecule has 1 heterocycles. The maximum atomic E-state index is 3.83. The number of likely N-dealkylation sites (tertiary alicyclic amines) is 1. The minimum Gasteiger partial charge on any atom is -0.311 e. The number of nitrogens with one attached hydrogen (secondary N) is 1. The van der Waals surface area contributed by atoms with Crippen LogP contribution in [0.3, 0.4) is 0 Å². The molecule has 0 aromatic carbocycles. The van der Waals surface area contributed by atoms with Crippen molar-refractivity contribution in [2.45, 2.75) is 84.6 Å². The standard InChI is InChI=1S/C19H38N2/c1-17-10-9-13-21(14-17)16-19(15-20-18(2,3)4)11-7-5-6-8-12-19/h17,20H,5-16H2,1-4H3. The van der Waals surface area contributed by atoms with Crippen molar-refractivity contribution in [3.8, 4) is 0 Å². The Bertz CT molecular complexity index is 297. The van der Waals surface area contributed by atoms with Gasteiger partial charge in [0.25, 0.3) is 0 Å². The van der Waals surface area contributed by atoms with Gasteiger partial charge in [-0.1, -0.05) is 32.6 Å². The zero-order valence-corrected chi connectivity index (χ0v) is 15.0. The first-order valence-electron chi connectivity index (χ1n) is 9.36. The average molecular weight is 295 g/mol. The molecule has 2 rings (SSSR count). The molecule has 1 aliphatic carbocycles. The van der Waals surface area contributed by atoms with Crippen LogP contribution in [0.25, 0.3) is 0 Å². The van der Waals surface area contributed by atoms with Crippen LogP contribution in [0, 0.1) is 11.3 Å². The zero-order chi connectivity index (χ0) is 15.3. The molecule has 0 aromatic rings. The summed E-state index contributed by atoms with van der Waals surface area (Å²) in [5.74, 6) is 0.900. The highest BCUT2D eigenvalue weighted by Gasteiger charge is 2.34. The maximum Gasteiger partial charge on any atom is 0.00967 e. The third-order valence-corrected chi connectivity index (χ3v) is 5.46. The number of rotatable bonds is 4. The molecule has 2 fully saturated rings. The smallest absolute Gasteiger partial charge is 0.00967 e. The highest BCUT2D eigenvalue weighted by molar-refractivity contribution is 4.90. The predicted octanol–water partition coefficient (Wildman–Crippen LogP) is 4.45. The fourth-order valence-electron chi connectivity index (χ4n) is 4.23. The Balaban J connectivity index is 1.99. The molecular weight excluding hydrogens is 256 g/mol. The summed E-state index contributed by atoms with van der Waals surface area (Å²) < 4.78 is 0. The minimum atomic E-state index is 0.245. The van der Waals surface area contributed by atoms with E-state index in [1.807, 2.05) is 0 Å². The number of nitrogens with zero attached hydrogens (tertiary/aromatic N) is 1. The molecular formula is C19H38N2. The Labute approximate surface area is 133 Å². The summed E-state index contributed by atoms with van der Waals surface area (Å²) in [6.07, 6.45) is 11.5. The van der Waals surface area contributed by atoms with Gasteiger partial charge in [0.15, 0.2) is 0 Å². The highest BCUT2D eigenvalue weighted by atomic mass is 15.1. The number of hydrogen-bond donors (Lipinski definition) is 1. The van der Waals surface area contributed by atoms with Gasteiger partial charge < -0.3 is 10.2 Å². The topological polar surface area (TPSA) is 15.3 Å². The molecule has 2 heteroatoms. The van der Waals surface area contributed by atoms with E-state index >= 15 is 0 Å². The molecule has 1 atom stereocenters. The van der Waals surface area contributed by atoms with E-state index in [1.165, 1.54) is 77.5 Å². The van der Waals surface area contributed by atoms with Crippen LogP contribution in [0.5, 0.6) is 0 Å². The lowest BCUT2D eigenvalue weighted by atomic mass is 9.78. The van der Waals surface area contributed by atoms with Gasteiger partial charge in [0.1, 0.15) is 0 Å². The zero-order valence-electron chi connectivity index (χ0n) is 15.0. The molecule has 1 N–H and O–H groups in total. The van der Waals surface area contributed by atoms with Gasteiger partial charge in [0.2, 0.25) is 0 Å². The van der Waals surface area contributed by atoms with Crippen LogP contribution in [-0.4, -0.2) is 36.6 Å². The average Bonchev–Trinajstić information content (AvgIpc) is 2.62. The van der Waals surface area contributed by atoms with Gasteiger partial charge in [-0.25, -0.2) is 0 Å². The third kappa shape index (κ3) is 5.90. The van der Waals surface area contributed by atoms with Gasteiger partial charge in [-0.05, 0) is 64.3 Å². The quantitative estimate of drug-likeness (QED) is 0.771. The van der Waals surface area contributed by atoms with Crippen LogP contribution in [-0.2, 0) is 0 Å². The van der Waals surface area contributed by atoms with E-state index in [0.717, 1.165) is 5.92 Å². The summed E-state index contributed by atoms with van der Waals surface area (Å²) in [5, 5.41) is 3.83. The van der Waals surface area contributed by atoms with E-state index in [9.17, 15) is 0 Å². The molecule has 0 spiro atoms. The SMILES string of the molecule is CC1CCCN(CC2(CNC(C)(C)C)CCCCCC2)C1. The van der Waals surface area contributed by atoms with Gasteiger partial charge >= 0.3 is 0 Å². The van der Waals surface area contributed by atoms with Crippen LogP contribution in [0.2, 0.25) is 0 Å². The number of hydrogen-bond acceptors (Lipinski definition) is 2. The highest BCUT2D eigenvalue weighted by Crippen LogP contribution is 2.36. The molecule has 2 aliphatic rings. The predicted molar refractivity (Wildman–Crippen MR) is 92.7 cm³/mol. The largest absolute Gasteiger partial charge is 0.311 e. The van der Waals surface area contributed by atoms with E-state index in [2.05, 4.69) is 37.9 Å². The van der Waals surface area contributed by atoms with Crippen molar-refractivity contribution in [1.29, 1.82) is 0 Å². The summed E-state index contributed by atoms with van der Waals surface area (Å²) >= 11 is 0. The molecule has 124 valence electrons. The van der Waals surface area contributed by atoms with E-state index in [1.54, 1.807) is 0 Å².